The van der Waals surface area contributed by atoms with Crippen LogP contribution in [0.25, 0.3) is 10.9 Å². The van der Waals surface area contributed by atoms with Gasteiger partial charge in [0.2, 0.25) is 0 Å². The van der Waals surface area contributed by atoms with Crippen LogP contribution in [0.15, 0.2) is 70.4 Å². The fraction of sp³-hybridized carbons (Fsp3) is 0.240. The van der Waals surface area contributed by atoms with Gasteiger partial charge in [-0.2, -0.15) is 0 Å². The van der Waals surface area contributed by atoms with E-state index < -0.39 is 11.2 Å². The lowest BCUT2D eigenvalue weighted by molar-refractivity contribution is 0.196. The summed E-state index contributed by atoms with van der Waals surface area (Å²) < 4.78 is 20.9. The predicted octanol–water partition coefficient (Wildman–Crippen LogP) is 2.90. The second-order valence-electron chi connectivity index (χ2n) is 7.94. The minimum atomic E-state index is -0.583. The molecular formula is C25H26FN5O3. The van der Waals surface area contributed by atoms with Gasteiger partial charge in [-0.25, -0.2) is 9.18 Å². The summed E-state index contributed by atoms with van der Waals surface area (Å²) in [5, 5.41) is 0.396. The van der Waals surface area contributed by atoms with Gasteiger partial charge in [0.1, 0.15) is 17.3 Å². The molecule has 0 amide bonds. The largest absolute Gasteiger partial charge is 0.385 e. The van der Waals surface area contributed by atoms with Crippen molar-refractivity contribution in [3.63, 3.8) is 0 Å². The summed E-state index contributed by atoms with van der Waals surface area (Å²) in [6, 6.07) is 15.7. The van der Waals surface area contributed by atoms with Gasteiger partial charge in [-0.05, 0) is 35.7 Å². The van der Waals surface area contributed by atoms with Gasteiger partial charge >= 0.3 is 5.69 Å². The molecule has 8 nitrogen and oxygen atoms in total. The van der Waals surface area contributed by atoms with Gasteiger partial charge in [0, 0.05) is 38.4 Å². The van der Waals surface area contributed by atoms with Crippen molar-refractivity contribution in [2.24, 2.45) is 0 Å². The van der Waals surface area contributed by atoms with E-state index in [-0.39, 0.29) is 30.4 Å². The summed E-state index contributed by atoms with van der Waals surface area (Å²) in [7, 11) is 1.60. The highest BCUT2D eigenvalue weighted by Gasteiger charge is 2.21. The molecule has 4 rings (SSSR count). The number of nitrogens with two attached hydrogens (primary N) is 1. The summed E-state index contributed by atoms with van der Waals surface area (Å²) in [6.45, 7) is 1.35. The lowest BCUT2D eigenvalue weighted by atomic mass is 10.1. The van der Waals surface area contributed by atoms with Gasteiger partial charge in [-0.3, -0.25) is 19.3 Å². The number of halogens is 1. The van der Waals surface area contributed by atoms with E-state index in [0.717, 1.165) is 11.1 Å². The van der Waals surface area contributed by atoms with Crippen molar-refractivity contribution in [1.29, 1.82) is 0 Å². The number of ether oxygens (including phenoxy) is 1. The van der Waals surface area contributed by atoms with Crippen LogP contribution in [0.5, 0.6) is 0 Å². The van der Waals surface area contributed by atoms with E-state index in [2.05, 4.69) is 9.97 Å². The highest BCUT2D eigenvalue weighted by atomic mass is 19.1. The van der Waals surface area contributed by atoms with Crippen LogP contribution in [-0.2, 0) is 17.8 Å². The molecule has 4 aromatic rings. The van der Waals surface area contributed by atoms with Gasteiger partial charge in [0.25, 0.3) is 5.56 Å². The molecule has 0 aliphatic carbocycles. The molecule has 0 radical (unpaired) electrons. The quantitative estimate of drug-likeness (QED) is 0.370. The van der Waals surface area contributed by atoms with Crippen molar-refractivity contribution >= 4 is 22.4 Å². The Morgan fingerprint density at radius 2 is 1.91 bits per heavy atom. The number of H-pyrrole nitrogens is 1. The van der Waals surface area contributed by atoms with Crippen LogP contribution < -0.4 is 21.9 Å². The smallest absolute Gasteiger partial charge is 0.330 e. The predicted molar refractivity (Wildman–Crippen MR) is 131 cm³/mol. The standard InChI is InChI=1S/C25H26FN5O3/c1-34-14-6-13-30(16-18-10-11-20(26)19-9-5-12-28-21(18)19)22-23(27)31(25(33)29-24(22)32)15-17-7-3-2-4-8-17/h2-5,7-12H,6,13-16,27H2,1H3,(H,29,32,33). The van der Waals surface area contributed by atoms with E-state index in [1.165, 1.54) is 10.6 Å². The maximum Gasteiger partial charge on any atom is 0.330 e. The number of rotatable bonds is 9. The van der Waals surface area contributed by atoms with Crippen LogP contribution >= 0.6 is 0 Å². The summed E-state index contributed by atoms with van der Waals surface area (Å²) in [5.74, 6) is -0.305. The van der Waals surface area contributed by atoms with Crippen molar-refractivity contribution < 1.29 is 9.13 Å². The molecule has 0 fully saturated rings. The topological polar surface area (TPSA) is 106 Å². The van der Waals surface area contributed by atoms with Crippen molar-refractivity contribution in [1.82, 2.24) is 14.5 Å². The summed E-state index contributed by atoms with van der Waals surface area (Å²) in [5.41, 5.74) is 7.55. The molecule has 0 bridgehead atoms. The van der Waals surface area contributed by atoms with Crippen molar-refractivity contribution in [2.75, 3.05) is 30.9 Å². The minimum Gasteiger partial charge on any atom is -0.385 e. The Morgan fingerprint density at radius 3 is 2.68 bits per heavy atom. The summed E-state index contributed by atoms with van der Waals surface area (Å²) in [4.78, 5) is 34.1. The Kier molecular flexibility index (Phi) is 7.03. The number of aromatic nitrogens is 3. The van der Waals surface area contributed by atoms with Crippen LogP contribution in [-0.4, -0.2) is 34.8 Å². The van der Waals surface area contributed by atoms with Crippen LogP contribution in [0.4, 0.5) is 15.9 Å². The second kappa shape index (κ2) is 10.3. The molecule has 0 aliphatic rings. The fourth-order valence-electron chi connectivity index (χ4n) is 4.01. The molecule has 2 aromatic heterocycles. The zero-order valence-corrected chi connectivity index (χ0v) is 18.8. The van der Waals surface area contributed by atoms with Gasteiger partial charge in [0.15, 0.2) is 0 Å². The van der Waals surface area contributed by atoms with Crippen LogP contribution in [0.3, 0.4) is 0 Å². The molecule has 34 heavy (non-hydrogen) atoms. The minimum absolute atomic E-state index is 0.0643. The van der Waals surface area contributed by atoms with Crippen LogP contribution in [0, 0.1) is 5.82 Å². The highest BCUT2D eigenvalue weighted by molar-refractivity contribution is 5.82. The average Bonchev–Trinajstić information content (AvgIpc) is 2.84. The number of nitrogen functional groups attached to an aromatic ring is 1. The van der Waals surface area contributed by atoms with Crippen LogP contribution in [0.2, 0.25) is 0 Å². The molecule has 2 heterocycles. The zero-order valence-electron chi connectivity index (χ0n) is 18.8. The number of hydrogen-bond acceptors (Lipinski definition) is 6. The first kappa shape index (κ1) is 23.2. The first-order valence-corrected chi connectivity index (χ1v) is 10.9. The first-order valence-electron chi connectivity index (χ1n) is 10.9. The number of nitrogens with zero attached hydrogens (tertiary/aromatic N) is 3. The number of anilines is 2. The van der Waals surface area contributed by atoms with Crippen molar-refractivity contribution in [2.45, 2.75) is 19.5 Å². The number of hydrogen-bond donors (Lipinski definition) is 2. The molecular weight excluding hydrogens is 437 g/mol. The van der Waals surface area contributed by atoms with E-state index in [1.807, 2.05) is 30.3 Å². The maximum absolute atomic E-state index is 14.3. The molecule has 0 saturated heterocycles. The Hall–Kier alpha value is -3.98. The second-order valence-corrected chi connectivity index (χ2v) is 7.94. The number of benzene rings is 2. The Bertz CT molecular complexity index is 1400. The third kappa shape index (κ3) is 4.84. The SMILES string of the molecule is COCCCN(Cc1ccc(F)c2cccnc12)c1c(N)n(Cc2ccccc2)c(=O)[nH]c1=O. The highest BCUT2D eigenvalue weighted by Crippen LogP contribution is 2.25. The molecule has 9 heteroatoms. The number of nitrogens with one attached hydrogen (secondary N) is 1. The molecule has 0 spiro atoms. The lowest BCUT2D eigenvalue weighted by Gasteiger charge is -2.27. The van der Waals surface area contributed by atoms with E-state index >= 15 is 0 Å². The van der Waals surface area contributed by atoms with Gasteiger partial charge in [0.05, 0.1) is 12.1 Å². The summed E-state index contributed by atoms with van der Waals surface area (Å²) >= 11 is 0. The van der Waals surface area contributed by atoms with Gasteiger partial charge in [-0.1, -0.05) is 36.4 Å². The first-order chi connectivity index (χ1) is 16.5. The molecule has 0 saturated carbocycles. The Morgan fingerprint density at radius 1 is 1.12 bits per heavy atom. The lowest BCUT2D eigenvalue weighted by Crippen LogP contribution is -2.39. The monoisotopic (exact) mass is 463 g/mol. The van der Waals surface area contributed by atoms with E-state index in [1.54, 1.807) is 36.4 Å². The third-order valence-corrected chi connectivity index (χ3v) is 5.65. The number of fused-ring (bicyclic) bond motifs is 1. The summed E-state index contributed by atoms with van der Waals surface area (Å²) in [6.07, 6.45) is 2.21. The maximum atomic E-state index is 14.3. The normalized spacial score (nSPS) is 11.1. The Balaban J connectivity index is 1.79. The number of pyridine rings is 1. The molecule has 0 unspecified atom stereocenters. The average molecular weight is 464 g/mol. The molecule has 2 aromatic carbocycles. The van der Waals surface area contributed by atoms with E-state index in [0.29, 0.717) is 30.5 Å². The van der Waals surface area contributed by atoms with Crippen LogP contribution in [0.1, 0.15) is 17.5 Å². The molecule has 176 valence electrons. The van der Waals surface area contributed by atoms with Crippen molar-refractivity contribution in [3.8, 4) is 0 Å². The third-order valence-electron chi connectivity index (χ3n) is 5.65. The number of methoxy groups -OCH3 is 1. The fourth-order valence-corrected chi connectivity index (χ4v) is 4.01. The van der Waals surface area contributed by atoms with Crippen molar-refractivity contribution in [3.05, 3.63) is 98.6 Å². The van der Waals surface area contributed by atoms with Gasteiger partial charge < -0.3 is 15.4 Å². The van der Waals surface area contributed by atoms with E-state index in [4.69, 9.17) is 10.5 Å². The molecule has 3 N–H and O–H groups in total. The van der Waals surface area contributed by atoms with E-state index in [9.17, 15) is 14.0 Å². The molecule has 0 aliphatic heterocycles. The number of aromatic amines is 1. The zero-order chi connectivity index (χ0) is 24.1. The van der Waals surface area contributed by atoms with Gasteiger partial charge in [-0.15, -0.1) is 0 Å². The molecule has 0 atom stereocenters. The Labute approximate surface area is 195 Å².